The highest BCUT2D eigenvalue weighted by Crippen LogP contribution is 2.18. The largest absolute Gasteiger partial charge is 0.372 e. The highest BCUT2D eigenvalue weighted by atomic mass is 16.5. The molecular weight excluding hydrogens is 222 g/mol. The zero-order valence-electron chi connectivity index (χ0n) is 12.0. The summed E-state index contributed by atoms with van der Waals surface area (Å²) in [7, 11) is 1.97. The number of rotatable bonds is 9. The van der Waals surface area contributed by atoms with Crippen molar-refractivity contribution in [2.45, 2.75) is 45.6 Å². The molecule has 1 atom stereocenters. The van der Waals surface area contributed by atoms with E-state index < -0.39 is 0 Å². The van der Waals surface area contributed by atoms with E-state index in [9.17, 15) is 0 Å². The molecule has 0 spiro atoms. The first-order valence-electron chi connectivity index (χ1n) is 7.10. The maximum Gasteiger partial charge on any atom is 0.0949 e. The monoisotopic (exact) mass is 249 g/mol. The van der Waals surface area contributed by atoms with Gasteiger partial charge in [-0.1, -0.05) is 56.0 Å². The molecule has 18 heavy (non-hydrogen) atoms. The number of unbranched alkanes of at least 4 members (excludes halogenated alkanes) is 3. The lowest BCUT2D eigenvalue weighted by molar-refractivity contribution is 0.0511. The number of aryl methyl sites for hydroxylation is 1. The fourth-order valence-corrected chi connectivity index (χ4v) is 1.99. The third-order valence-corrected chi connectivity index (χ3v) is 3.16. The van der Waals surface area contributed by atoms with Gasteiger partial charge in [-0.3, -0.25) is 0 Å². The van der Waals surface area contributed by atoms with Crippen molar-refractivity contribution >= 4 is 0 Å². The fraction of sp³-hybridized carbons (Fsp3) is 0.625. The van der Waals surface area contributed by atoms with Gasteiger partial charge in [0, 0.05) is 13.2 Å². The number of hydrogen-bond donors (Lipinski definition) is 1. The Morgan fingerprint density at radius 1 is 1.11 bits per heavy atom. The maximum atomic E-state index is 5.99. The lowest BCUT2D eigenvalue weighted by Crippen LogP contribution is -2.20. The number of ether oxygens (including phenoxy) is 1. The van der Waals surface area contributed by atoms with E-state index in [2.05, 4.69) is 43.4 Å². The first kappa shape index (κ1) is 15.2. The molecule has 0 aliphatic heterocycles. The van der Waals surface area contributed by atoms with Crippen molar-refractivity contribution < 1.29 is 4.74 Å². The SMILES string of the molecule is CCCCCCOC(CNC)c1ccc(C)cc1. The zero-order chi connectivity index (χ0) is 13.2. The molecule has 1 N–H and O–H groups in total. The van der Waals surface area contributed by atoms with Crippen molar-refractivity contribution in [2.24, 2.45) is 0 Å². The average molecular weight is 249 g/mol. The second kappa shape index (κ2) is 9.12. The summed E-state index contributed by atoms with van der Waals surface area (Å²) in [6.07, 6.45) is 5.20. The fourth-order valence-electron chi connectivity index (χ4n) is 1.99. The molecule has 0 aromatic heterocycles. The summed E-state index contributed by atoms with van der Waals surface area (Å²) in [4.78, 5) is 0. The van der Waals surface area contributed by atoms with Crippen molar-refractivity contribution in [1.29, 1.82) is 0 Å². The molecule has 0 saturated carbocycles. The second-order valence-corrected chi connectivity index (χ2v) is 4.89. The average Bonchev–Trinajstić information content (AvgIpc) is 2.38. The number of benzene rings is 1. The van der Waals surface area contributed by atoms with Gasteiger partial charge < -0.3 is 10.1 Å². The Labute approximate surface area is 112 Å². The van der Waals surface area contributed by atoms with Gasteiger partial charge in [0.2, 0.25) is 0 Å². The van der Waals surface area contributed by atoms with Gasteiger partial charge in [-0.05, 0) is 26.0 Å². The van der Waals surface area contributed by atoms with E-state index in [1.807, 2.05) is 7.05 Å². The van der Waals surface area contributed by atoms with E-state index in [0.29, 0.717) is 0 Å². The van der Waals surface area contributed by atoms with Crippen LogP contribution in [0.2, 0.25) is 0 Å². The van der Waals surface area contributed by atoms with Crippen LogP contribution in [0.15, 0.2) is 24.3 Å². The van der Waals surface area contributed by atoms with Gasteiger partial charge in [0.1, 0.15) is 0 Å². The van der Waals surface area contributed by atoms with Crippen molar-refractivity contribution in [3.05, 3.63) is 35.4 Å². The van der Waals surface area contributed by atoms with Crippen LogP contribution in [0.1, 0.15) is 49.8 Å². The van der Waals surface area contributed by atoms with Gasteiger partial charge in [0.15, 0.2) is 0 Å². The first-order chi connectivity index (χ1) is 8.77. The van der Waals surface area contributed by atoms with E-state index >= 15 is 0 Å². The first-order valence-corrected chi connectivity index (χ1v) is 7.10. The smallest absolute Gasteiger partial charge is 0.0949 e. The molecule has 2 heteroatoms. The summed E-state index contributed by atoms with van der Waals surface area (Å²) in [5.74, 6) is 0. The quantitative estimate of drug-likeness (QED) is 0.671. The van der Waals surface area contributed by atoms with Crippen molar-refractivity contribution in [1.82, 2.24) is 5.32 Å². The summed E-state index contributed by atoms with van der Waals surface area (Å²) >= 11 is 0. The molecule has 0 amide bonds. The molecule has 0 aliphatic carbocycles. The Hall–Kier alpha value is -0.860. The lowest BCUT2D eigenvalue weighted by Gasteiger charge is -2.18. The Morgan fingerprint density at radius 2 is 1.83 bits per heavy atom. The minimum atomic E-state index is 0.178. The molecule has 0 saturated heterocycles. The summed E-state index contributed by atoms with van der Waals surface area (Å²) in [5, 5.41) is 3.21. The van der Waals surface area contributed by atoms with Gasteiger partial charge in [-0.15, -0.1) is 0 Å². The molecule has 102 valence electrons. The highest BCUT2D eigenvalue weighted by molar-refractivity contribution is 5.23. The predicted octanol–water partition coefficient (Wildman–Crippen LogP) is 3.85. The Kier molecular flexibility index (Phi) is 7.70. The van der Waals surface area contributed by atoms with E-state index in [0.717, 1.165) is 13.2 Å². The van der Waals surface area contributed by atoms with E-state index in [-0.39, 0.29) is 6.10 Å². The van der Waals surface area contributed by atoms with Crippen molar-refractivity contribution in [2.75, 3.05) is 20.2 Å². The minimum Gasteiger partial charge on any atom is -0.372 e. The molecule has 0 radical (unpaired) electrons. The lowest BCUT2D eigenvalue weighted by atomic mass is 10.1. The summed E-state index contributed by atoms with van der Waals surface area (Å²) in [6.45, 7) is 6.08. The molecule has 1 aromatic rings. The third-order valence-electron chi connectivity index (χ3n) is 3.16. The summed E-state index contributed by atoms with van der Waals surface area (Å²) < 4.78 is 5.99. The summed E-state index contributed by atoms with van der Waals surface area (Å²) in [5.41, 5.74) is 2.57. The van der Waals surface area contributed by atoms with Crippen LogP contribution in [0, 0.1) is 6.92 Å². The standard InChI is InChI=1S/C16H27NO/c1-4-5-6-7-12-18-16(13-17-3)15-10-8-14(2)9-11-15/h8-11,16-17H,4-7,12-13H2,1-3H3. The van der Waals surface area contributed by atoms with Crippen LogP contribution in [-0.2, 0) is 4.74 Å². The van der Waals surface area contributed by atoms with Gasteiger partial charge in [0.25, 0.3) is 0 Å². The Bertz CT molecular complexity index is 307. The van der Waals surface area contributed by atoms with Crippen LogP contribution in [0.4, 0.5) is 0 Å². The number of likely N-dealkylation sites (N-methyl/N-ethyl adjacent to an activating group) is 1. The molecule has 0 bridgehead atoms. The third kappa shape index (κ3) is 5.65. The number of nitrogens with one attached hydrogen (secondary N) is 1. The molecule has 0 heterocycles. The van der Waals surface area contributed by atoms with Gasteiger partial charge in [0.05, 0.1) is 6.10 Å². The topological polar surface area (TPSA) is 21.3 Å². The Morgan fingerprint density at radius 3 is 2.44 bits per heavy atom. The highest BCUT2D eigenvalue weighted by Gasteiger charge is 2.10. The molecule has 0 aliphatic rings. The summed E-state index contributed by atoms with van der Waals surface area (Å²) in [6, 6.07) is 8.64. The van der Waals surface area contributed by atoms with Crippen LogP contribution in [0.3, 0.4) is 0 Å². The normalized spacial score (nSPS) is 12.6. The van der Waals surface area contributed by atoms with Crippen LogP contribution >= 0.6 is 0 Å². The van der Waals surface area contributed by atoms with E-state index in [4.69, 9.17) is 4.74 Å². The van der Waals surface area contributed by atoms with Gasteiger partial charge >= 0.3 is 0 Å². The molecule has 1 aromatic carbocycles. The number of hydrogen-bond acceptors (Lipinski definition) is 2. The zero-order valence-corrected chi connectivity index (χ0v) is 12.0. The molecule has 1 unspecified atom stereocenters. The maximum absolute atomic E-state index is 5.99. The molecule has 1 rings (SSSR count). The van der Waals surface area contributed by atoms with Crippen LogP contribution < -0.4 is 5.32 Å². The molecule has 0 fully saturated rings. The van der Waals surface area contributed by atoms with E-state index in [1.54, 1.807) is 0 Å². The van der Waals surface area contributed by atoms with Crippen LogP contribution in [0.25, 0.3) is 0 Å². The van der Waals surface area contributed by atoms with Crippen LogP contribution in [0.5, 0.6) is 0 Å². The predicted molar refractivity (Wildman–Crippen MR) is 77.9 cm³/mol. The Balaban J connectivity index is 2.41. The molecular formula is C16H27NO. The second-order valence-electron chi connectivity index (χ2n) is 4.89. The minimum absolute atomic E-state index is 0.178. The van der Waals surface area contributed by atoms with Crippen molar-refractivity contribution in [3.8, 4) is 0 Å². The van der Waals surface area contributed by atoms with Gasteiger partial charge in [-0.2, -0.15) is 0 Å². The van der Waals surface area contributed by atoms with Crippen LogP contribution in [-0.4, -0.2) is 20.2 Å². The van der Waals surface area contributed by atoms with E-state index in [1.165, 1.54) is 36.8 Å². The van der Waals surface area contributed by atoms with Gasteiger partial charge in [-0.25, -0.2) is 0 Å². The molecule has 2 nitrogen and oxygen atoms in total. The van der Waals surface area contributed by atoms with Crippen molar-refractivity contribution in [3.63, 3.8) is 0 Å².